The van der Waals surface area contributed by atoms with Gasteiger partial charge in [-0.1, -0.05) is 17.7 Å². The van der Waals surface area contributed by atoms with Gasteiger partial charge in [0, 0.05) is 24.3 Å². The highest BCUT2D eigenvalue weighted by Gasteiger charge is 2.17. The topological polar surface area (TPSA) is 33.3 Å². The van der Waals surface area contributed by atoms with Gasteiger partial charge in [0.05, 0.1) is 13.2 Å². The number of aryl methyl sites for hydroxylation is 3. The number of ether oxygens (including phenoxy) is 1. The fraction of sp³-hybridized carbons (Fsp3) is 0.625. The molecule has 3 nitrogen and oxygen atoms in total. The third kappa shape index (κ3) is 3.95. The van der Waals surface area contributed by atoms with E-state index in [1.807, 2.05) is 0 Å². The summed E-state index contributed by atoms with van der Waals surface area (Å²) in [6, 6.07) is 5.40. The Morgan fingerprint density at radius 3 is 2.58 bits per heavy atom. The van der Waals surface area contributed by atoms with E-state index in [0.29, 0.717) is 12.1 Å². The van der Waals surface area contributed by atoms with Crippen molar-refractivity contribution in [3.8, 4) is 0 Å². The molecule has 106 valence electrons. The van der Waals surface area contributed by atoms with E-state index in [9.17, 15) is 0 Å². The summed E-state index contributed by atoms with van der Waals surface area (Å²) in [6.07, 6.45) is 1.09. The molecule has 1 heterocycles. The third-order valence-electron chi connectivity index (χ3n) is 3.70. The molecule has 0 amide bonds. The molecular weight excluding hydrogens is 236 g/mol. The summed E-state index contributed by atoms with van der Waals surface area (Å²) in [7, 11) is 0. The SMILES string of the molecule is Cc1cc(C)c(NC(C)CC2COCCN2)c(C)c1. The van der Waals surface area contributed by atoms with Gasteiger partial charge < -0.3 is 15.4 Å². The maximum absolute atomic E-state index is 5.51. The fourth-order valence-corrected chi connectivity index (χ4v) is 2.91. The minimum Gasteiger partial charge on any atom is -0.382 e. The minimum absolute atomic E-state index is 0.444. The average molecular weight is 262 g/mol. The Balaban J connectivity index is 1.96. The molecule has 0 bridgehead atoms. The molecule has 2 rings (SSSR count). The monoisotopic (exact) mass is 262 g/mol. The highest BCUT2D eigenvalue weighted by molar-refractivity contribution is 5.58. The number of benzene rings is 1. The molecule has 1 aliphatic rings. The van der Waals surface area contributed by atoms with Crippen molar-refractivity contribution in [3.05, 3.63) is 28.8 Å². The van der Waals surface area contributed by atoms with Crippen molar-refractivity contribution in [1.82, 2.24) is 5.32 Å². The van der Waals surface area contributed by atoms with Crippen molar-refractivity contribution < 1.29 is 4.74 Å². The van der Waals surface area contributed by atoms with Crippen LogP contribution in [0.2, 0.25) is 0 Å². The summed E-state index contributed by atoms with van der Waals surface area (Å²) in [5.74, 6) is 0. The van der Waals surface area contributed by atoms with Crippen molar-refractivity contribution >= 4 is 5.69 Å². The van der Waals surface area contributed by atoms with Gasteiger partial charge in [0.25, 0.3) is 0 Å². The third-order valence-corrected chi connectivity index (χ3v) is 3.70. The van der Waals surface area contributed by atoms with E-state index >= 15 is 0 Å². The van der Waals surface area contributed by atoms with Crippen LogP contribution in [0.1, 0.15) is 30.0 Å². The molecule has 2 atom stereocenters. The van der Waals surface area contributed by atoms with Gasteiger partial charge in [-0.05, 0) is 45.2 Å². The second kappa shape index (κ2) is 6.40. The maximum Gasteiger partial charge on any atom is 0.0621 e. The lowest BCUT2D eigenvalue weighted by molar-refractivity contribution is 0.0731. The average Bonchev–Trinajstić information content (AvgIpc) is 2.35. The van der Waals surface area contributed by atoms with E-state index in [1.165, 1.54) is 22.4 Å². The molecule has 1 aromatic carbocycles. The van der Waals surface area contributed by atoms with Crippen LogP contribution in [0.4, 0.5) is 5.69 Å². The molecule has 0 radical (unpaired) electrons. The summed E-state index contributed by atoms with van der Waals surface area (Å²) in [5.41, 5.74) is 5.28. The Morgan fingerprint density at radius 1 is 1.32 bits per heavy atom. The zero-order valence-electron chi connectivity index (χ0n) is 12.5. The predicted octanol–water partition coefficient (Wildman–Crippen LogP) is 2.79. The molecule has 1 fully saturated rings. The van der Waals surface area contributed by atoms with Gasteiger partial charge in [-0.2, -0.15) is 0 Å². The normalized spacial score (nSPS) is 21.2. The second-order valence-electron chi connectivity index (χ2n) is 5.78. The largest absolute Gasteiger partial charge is 0.382 e. The molecule has 1 aliphatic heterocycles. The van der Waals surface area contributed by atoms with Gasteiger partial charge in [0.15, 0.2) is 0 Å². The number of anilines is 1. The first-order valence-corrected chi connectivity index (χ1v) is 7.22. The van der Waals surface area contributed by atoms with Gasteiger partial charge in [0.1, 0.15) is 0 Å². The molecule has 1 saturated heterocycles. The molecular formula is C16H26N2O. The molecule has 0 aromatic heterocycles. The molecule has 19 heavy (non-hydrogen) atoms. The van der Waals surface area contributed by atoms with Crippen molar-refractivity contribution in [2.75, 3.05) is 25.1 Å². The quantitative estimate of drug-likeness (QED) is 0.875. The molecule has 0 aliphatic carbocycles. The summed E-state index contributed by atoms with van der Waals surface area (Å²) < 4.78 is 5.51. The van der Waals surface area contributed by atoms with Crippen LogP contribution < -0.4 is 10.6 Å². The second-order valence-corrected chi connectivity index (χ2v) is 5.78. The molecule has 3 heteroatoms. The van der Waals surface area contributed by atoms with E-state index in [4.69, 9.17) is 4.74 Å². The Kier molecular flexibility index (Phi) is 4.83. The van der Waals surface area contributed by atoms with E-state index in [0.717, 1.165) is 26.2 Å². The fourth-order valence-electron chi connectivity index (χ4n) is 2.91. The van der Waals surface area contributed by atoms with Crippen molar-refractivity contribution in [2.45, 2.75) is 46.2 Å². The van der Waals surface area contributed by atoms with Crippen molar-refractivity contribution in [3.63, 3.8) is 0 Å². The van der Waals surface area contributed by atoms with Crippen molar-refractivity contribution in [2.24, 2.45) is 0 Å². The van der Waals surface area contributed by atoms with Gasteiger partial charge in [0.2, 0.25) is 0 Å². The Labute approximate surface area is 116 Å². The maximum atomic E-state index is 5.51. The smallest absolute Gasteiger partial charge is 0.0621 e. The van der Waals surface area contributed by atoms with Crippen LogP contribution in [0.15, 0.2) is 12.1 Å². The predicted molar refractivity (Wildman–Crippen MR) is 81.0 cm³/mol. The molecule has 0 saturated carbocycles. The zero-order valence-corrected chi connectivity index (χ0v) is 12.5. The number of hydrogen-bond donors (Lipinski definition) is 2. The number of rotatable bonds is 4. The standard InChI is InChI=1S/C16H26N2O/c1-11-7-12(2)16(13(3)8-11)18-14(4)9-15-10-19-6-5-17-15/h7-8,14-15,17-18H,5-6,9-10H2,1-4H3. The van der Waals surface area contributed by atoms with Crippen LogP contribution in [0.3, 0.4) is 0 Å². The van der Waals surface area contributed by atoms with Gasteiger partial charge in [-0.15, -0.1) is 0 Å². The van der Waals surface area contributed by atoms with Crippen LogP contribution >= 0.6 is 0 Å². The lowest BCUT2D eigenvalue weighted by Gasteiger charge is -2.28. The number of hydrogen-bond acceptors (Lipinski definition) is 3. The Morgan fingerprint density at radius 2 is 2.00 bits per heavy atom. The van der Waals surface area contributed by atoms with Crippen LogP contribution in [-0.4, -0.2) is 31.8 Å². The highest BCUT2D eigenvalue weighted by atomic mass is 16.5. The Bertz CT molecular complexity index is 402. The summed E-state index contributed by atoms with van der Waals surface area (Å²) in [6.45, 7) is 11.4. The Hall–Kier alpha value is -1.06. The van der Waals surface area contributed by atoms with Crippen LogP contribution in [-0.2, 0) is 4.74 Å². The molecule has 1 aromatic rings. The van der Waals surface area contributed by atoms with Gasteiger partial charge >= 0.3 is 0 Å². The lowest BCUT2D eigenvalue weighted by Crippen LogP contribution is -2.43. The molecule has 2 unspecified atom stereocenters. The number of morpholine rings is 1. The zero-order chi connectivity index (χ0) is 13.8. The van der Waals surface area contributed by atoms with Crippen LogP contribution in [0.25, 0.3) is 0 Å². The molecule has 0 spiro atoms. The summed E-state index contributed by atoms with van der Waals surface area (Å²) >= 11 is 0. The summed E-state index contributed by atoms with van der Waals surface area (Å²) in [4.78, 5) is 0. The number of nitrogens with one attached hydrogen (secondary N) is 2. The van der Waals surface area contributed by atoms with Crippen LogP contribution in [0.5, 0.6) is 0 Å². The van der Waals surface area contributed by atoms with Gasteiger partial charge in [-0.3, -0.25) is 0 Å². The van der Waals surface area contributed by atoms with E-state index in [1.54, 1.807) is 0 Å². The highest BCUT2D eigenvalue weighted by Crippen LogP contribution is 2.23. The lowest BCUT2D eigenvalue weighted by atomic mass is 10.0. The first-order valence-electron chi connectivity index (χ1n) is 7.22. The van der Waals surface area contributed by atoms with E-state index < -0.39 is 0 Å². The van der Waals surface area contributed by atoms with Crippen molar-refractivity contribution in [1.29, 1.82) is 0 Å². The minimum atomic E-state index is 0.444. The van der Waals surface area contributed by atoms with E-state index in [-0.39, 0.29) is 0 Å². The first kappa shape index (κ1) is 14.4. The molecule has 2 N–H and O–H groups in total. The first-order chi connectivity index (χ1) is 9.06. The van der Waals surface area contributed by atoms with Crippen LogP contribution in [0, 0.1) is 20.8 Å². The van der Waals surface area contributed by atoms with E-state index in [2.05, 4.69) is 50.5 Å². The van der Waals surface area contributed by atoms with Gasteiger partial charge in [-0.25, -0.2) is 0 Å². The summed E-state index contributed by atoms with van der Waals surface area (Å²) in [5, 5.41) is 7.17.